The molecule has 172 valence electrons. The Morgan fingerprint density at radius 3 is 2.56 bits per heavy atom. The highest BCUT2D eigenvalue weighted by molar-refractivity contribution is 7.99. The number of benzene rings is 3. The number of ether oxygens (including phenoxy) is 1. The van der Waals surface area contributed by atoms with Gasteiger partial charge in [-0.05, 0) is 60.6 Å². The van der Waals surface area contributed by atoms with Gasteiger partial charge in [0.1, 0.15) is 11.4 Å². The van der Waals surface area contributed by atoms with Crippen molar-refractivity contribution in [1.29, 1.82) is 0 Å². The van der Waals surface area contributed by atoms with Gasteiger partial charge in [0.2, 0.25) is 0 Å². The van der Waals surface area contributed by atoms with Crippen LogP contribution in [0.5, 0.6) is 11.5 Å². The van der Waals surface area contributed by atoms with E-state index in [0.29, 0.717) is 11.8 Å². The van der Waals surface area contributed by atoms with Crippen LogP contribution in [-0.4, -0.2) is 34.7 Å². The van der Waals surface area contributed by atoms with E-state index in [1.165, 1.54) is 30.1 Å². The predicted octanol–water partition coefficient (Wildman–Crippen LogP) is 3.07. The molecule has 0 saturated heterocycles. The maximum absolute atomic E-state index is 12.3. The average molecular weight is 474 g/mol. The molecule has 2 N–H and O–H groups in total. The van der Waals surface area contributed by atoms with Crippen LogP contribution in [0.1, 0.15) is 12.5 Å². The average Bonchev–Trinajstić information content (AvgIpc) is 3.29. The molecule has 4 aromatic rings. The summed E-state index contributed by atoms with van der Waals surface area (Å²) in [4.78, 5) is 12.3. The lowest BCUT2D eigenvalue weighted by Gasteiger charge is -2.06. The molecule has 0 spiro atoms. The third kappa shape index (κ3) is 5.81. The molecule has 1 heterocycles. The monoisotopic (exact) mass is 473 g/mol. The highest BCUT2D eigenvalue weighted by atomic mass is 32.2. The van der Waals surface area contributed by atoms with E-state index in [1.807, 2.05) is 66.1 Å². The summed E-state index contributed by atoms with van der Waals surface area (Å²) in [5.74, 6) is 1.35. The highest BCUT2D eigenvalue weighted by Gasteiger charge is 2.24. The van der Waals surface area contributed by atoms with Gasteiger partial charge in [0.05, 0.1) is 29.2 Å². The number of H-pyrrole nitrogens is 1. The second kappa shape index (κ2) is 11.2. The number of rotatable bonds is 9. The van der Waals surface area contributed by atoms with Crippen LogP contribution in [-0.2, 0) is 4.79 Å². The Morgan fingerprint density at radius 2 is 1.85 bits per heavy atom. The van der Waals surface area contributed by atoms with Crippen LogP contribution in [0.25, 0.3) is 17.1 Å². The number of amides is 1. The van der Waals surface area contributed by atoms with E-state index in [0.717, 1.165) is 28.4 Å². The van der Waals surface area contributed by atoms with Crippen molar-refractivity contribution in [2.75, 3.05) is 12.4 Å². The summed E-state index contributed by atoms with van der Waals surface area (Å²) < 4.78 is 7.53. The zero-order chi connectivity index (χ0) is 23.8. The third-order valence-electron chi connectivity index (χ3n) is 4.74. The highest BCUT2D eigenvalue weighted by Crippen LogP contribution is 2.21. The molecular weight excluding hydrogens is 450 g/mol. The number of carbonyl (C=O) groups excluding carboxylic acids is 1. The lowest BCUT2D eigenvalue weighted by Crippen LogP contribution is -2.34. The molecule has 1 amide bonds. The predicted molar refractivity (Wildman–Crippen MR) is 129 cm³/mol. The Bertz CT molecular complexity index is 1260. The van der Waals surface area contributed by atoms with Crippen molar-refractivity contribution < 1.29 is 19.2 Å². The SMILES string of the molecule is CCOc1ccc(-[n+]2c(SCC(=O)NN=Cc3ccc([O-])cc3)n[nH]c2-c2ccccc2)cc1. The largest absolute Gasteiger partial charge is 0.872 e. The van der Waals surface area contributed by atoms with Crippen molar-refractivity contribution in [1.82, 2.24) is 15.6 Å². The van der Waals surface area contributed by atoms with Crippen LogP contribution in [0.15, 0.2) is 89.1 Å². The maximum Gasteiger partial charge on any atom is 0.342 e. The van der Waals surface area contributed by atoms with Crippen molar-refractivity contribution in [2.24, 2.45) is 5.10 Å². The minimum atomic E-state index is -0.274. The van der Waals surface area contributed by atoms with E-state index in [9.17, 15) is 9.90 Å². The van der Waals surface area contributed by atoms with E-state index < -0.39 is 0 Å². The summed E-state index contributed by atoms with van der Waals surface area (Å²) in [6.45, 7) is 2.54. The van der Waals surface area contributed by atoms with E-state index in [1.54, 1.807) is 12.1 Å². The first-order valence-corrected chi connectivity index (χ1v) is 11.6. The number of nitrogens with zero attached hydrogens (tertiary/aromatic N) is 3. The number of aromatic amines is 1. The van der Waals surface area contributed by atoms with Crippen molar-refractivity contribution in [3.8, 4) is 28.6 Å². The first-order valence-electron chi connectivity index (χ1n) is 10.6. The smallest absolute Gasteiger partial charge is 0.342 e. The van der Waals surface area contributed by atoms with Crippen molar-refractivity contribution in [3.05, 3.63) is 84.4 Å². The third-order valence-corrected chi connectivity index (χ3v) is 5.68. The maximum atomic E-state index is 12.3. The van der Waals surface area contributed by atoms with Gasteiger partial charge in [0.25, 0.3) is 11.7 Å². The second-order valence-electron chi connectivity index (χ2n) is 7.13. The molecule has 0 bridgehead atoms. The number of hydrazone groups is 1. The zero-order valence-electron chi connectivity index (χ0n) is 18.5. The van der Waals surface area contributed by atoms with Crippen molar-refractivity contribution in [2.45, 2.75) is 12.1 Å². The van der Waals surface area contributed by atoms with Gasteiger partial charge in [0.15, 0.2) is 0 Å². The van der Waals surface area contributed by atoms with Gasteiger partial charge in [-0.1, -0.05) is 42.5 Å². The van der Waals surface area contributed by atoms with Crippen LogP contribution in [0.4, 0.5) is 0 Å². The van der Waals surface area contributed by atoms with E-state index in [4.69, 9.17) is 4.74 Å². The molecule has 0 aliphatic heterocycles. The molecule has 4 rings (SSSR count). The molecule has 9 heteroatoms. The van der Waals surface area contributed by atoms with Crippen LogP contribution < -0.4 is 19.8 Å². The fourth-order valence-corrected chi connectivity index (χ4v) is 3.94. The molecule has 0 radical (unpaired) electrons. The van der Waals surface area contributed by atoms with Crippen LogP contribution >= 0.6 is 11.8 Å². The molecule has 0 fully saturated rings. The van der Waals surface area contributed by atoms with Crippen LogP contribution in [0.3, 0.4) is 0 Å². The first-order chi connectivity index (χ1) is 16.6. The van der Waals surface area contributed by atoms with E-state index >= 15 is 0 Å². The minimum Gasteiger partial charge on any atom is -0.872 e. The quantitative estimate of drug-likeness (QED) is 0.168. The Morgan fingerprint density at radius 1 is 1.12 bits per heavy atom. The Balaban J connectivity index is 1.50. The molecule has 34 heavy (non-hydrogen) atoms. The van der Waals surface area contributed by atoms with Gasteiger partial charge < -0.3 is 9.84 Å². The van der Waals surface area contributed by atoms with Gasteiger partial charge in [-0.3, -0.25) is 4.79 Å². The zero-order valence-corrected chi connectivity index (χ0v) is 19.3. The fraction of sp³-hybridized carbons (Fsp3) is 0.120. The van der Waals surface area contributed by atoms with Crippen molar-refractivity contribution in [3.63, 3.8) is 0 Å². The molecule has 3 aromatic carbocycles. The van der Waals surface area contributed by atoms with Gasteiger partial charge >= 0.3 is 5.16 Å². The van der Waals surface area contributed by atoms with Gasteiger partial charge in [-0.2, -0.15) is 9.67 Å². The van der Waals surface area contributed by atoms with Crippen LogP contribution in [0.2, 0.25) is 0 Å². The number of thioether (sulfide) groups is 1. The summed E-state index contributed by atoms with van der Waals surface area (Å²) in [6, 6.07) is 23.8. The summed E-state index contributed by atoms with van der Waals surface area (Å²) in [5.41, 5.74) is 5.08. The van der Waals surface area contributed by atoms with E-state index in [2.05, 4.69) is 20.7 Å². The number of aromatic nitrogens is 3. The van der Waals surface area contributed by atoms with Gasteiger partial charge in [0, 0.05) is 0 Å². The standard InChI is InChI=1S/C25H23N5O3S/c1-2-33-22-14-10-20(11-15-22)30-24(19-6-4-3-5-7-19)28-29-25(30)34-17-23(32)27-26-16-18-8-12-21(31)13-9-18/h3-16H,2,17H2,1H3,(H2,26,27,31,32). The normalized spacial score (nSPS) is 11.0. The molecular formula is C25H23N5O3S. The Labute approximate surface area is 201 Å². The fourth-order valence-electron chi connectivity index (χ4n) is 3.18. The lowest BCUT2D eigenvalue weighted by atomic mass is 10.2. The second-order valence-corrected chi connectivity index (χ2v) is 8.08. The topological polar surface area (TPSA) is 106 Å². The molecule has 0 aliphatic rings. The Hall–Kier alpha value is -4.11. The van der Waals surface area contributed by atoms with Crippen LogP contribution in [0, 0.1) is 0 Å². The summed E-state index contributed by atoms with van der Waals surface area (Å²) in [6.07, 6.45) is 1.49. The number of hydrogen-bond donors (Lipinski definition) is 2. The number of nitrogens with one attached hydrogen (secondary N) is 2. The number of hydrogen-bond acceptors (Lipinski definition) is 6. The molecule has 8 nitrogen and oxygen atoms in total. The van der Waals surface area contributed by atoms with E-state index in [-0.39, 0.29) is 17.4 Å². The minimum absolute atomic E-state index is 0.0766. The molecule has 0 atom stereocenters. The molecule has 0 saturated carbocycles. The summed E-state index contributed by atoms with van der Waals surface area (Å²) in [5, 5.41) is 23.3. The van der Waals surface area contributed by atoms with Crippen molar-refractivity contribution >= 4 is 23.9 Å². The molecule has 0 unspecified atom stereocenters. The lowest BCUT2D eigenvalue weighted by molar-refractivity contribution is -0.625. The molecule has 1 aromatic heterocycles. The first kappa shape index (κ1) is 23.1. The number of carbonyl (C=O) groups is 1. The summed E-state index contributed by atoms with van der Waals surface area (Å²) in [7, 11) is 0. The van der Waals surface area contributed by atoms with Gasteiger partial charge in [-0.25, -0.2) is 5.43 Å². The Kier molecular flexibility index (Phi) is 7.56. The van der Waals surface area contributed by atoms with Gasteiger partial charge in [-0.15, -0.1) is 10.8 Å². The molecule has 0 aliphatic carbocycles. The summed E-state index contributed by atoms with van der Waals surface area (Å²) >= 11 is 1.29.